The van der Waals surface area contributed by atoms with Gasteiger partial charge in [0.15, 0.2) is 0 Å². The Morgan fingerprint density at radius 3 is 2.65 bits per heavy atom. The number of H-pyrrole nitrogens is 1. The maximum atomic E-state index is 14.3. The molecule has 5 rings (SSSR count). The van der Waals surface area contributed by atoms with E-state index in [-0.39, 0.29) is 31.0 Å². The fraction of sp³-hybridized carbons (Fsp3) is 0.214. The van der Waals surface area contributed by atoms with Crippen LogP contribution in [0.1, 0.15) is 22.5 Å². The maximum absolute atomic E-state index is 14.3. The quantitative estimate of drug-likeness (QED) is 0.336. The molecule has 6 nitrogen and oxygen atoms in total. The van der Waals surface area contributed by atoms with Crippen LogP contribution in [0.25, 0.3) is 22.0 Å². The van der Waals surface area contributed by atoms with E-state index in [1.807, 2.05) is 42.5 Å². The molecular weight excluding hydrogens is 500 g/mol. The van der Waals surface area contributed by atoms with Crippen molar-refractivity contribution in [2.75, 3.05) is 13.7 Å². The molecule has 0 unspecified atom stereocenters. The van der Waals surface area contributed by atoms with Gasteiger partial charge in [0.25, 0.3) is 5.91 Å². The number of benzene rings is 3. The van der Waals surface area contributed by atoms with Crippen molar-refractivity contribution in [2.45, 2.75) is 25.0 Å². The first-order chi connectivity index (χ1) is 17.8. The number of amides is 1. The summed E-state index contributed by atoms with van der Waals surface area (Å²) in [7, 11) is 1.27. The van der Waals surface area contributed by atoms with Crippen LogP contribution < -0.4 is 5.32 Å². The van der Waals surface area contributed by atoms with Gasteiger partial charge in [0.2, 0.25) is 0 Å². The number of likely N-dealkylation sites (tertiary alicyclic amines) is 1. The third-order valence-corrected chi connectivity index (χ3v) is 6.88. The Hall–Kier alpha value is -3.75. The van der Waals surface area contributed by atoms with Gasteiger partial charge in [-0.25, -0.2) is 8.78 Å². The molecule has 2 atom stereocenters. The first kappa shape index (κ1) is 24.9. The van der Waals surface area contributed by atoms with Crippen molar-refractivity contribution in [3.05, 3.63) is 94.6 Å². The smallest absolute Gasteiger partial charge is 0.323 e. The highest BCUT2D eigenvalue weighted by Crippen LogP contribution is 2.34. The third kappa shape index (κ3) is 5.08. The van der Waals surface area contributed by atoms with Crippen LogP contribution in [0.15, 0.2) is 66.7 Å². The van der Waals surface area contributed by atoms with Crippen molar-refractivity contribution in [3.8, 4) is 11.1 Å². The fourth-order valence-electron chi connectivity index (χ4n) is 4.94. The van der Waals surface area contributed by atoms with E-state index in [2.05, 4.69) is 10.3 Å². The van der Waals surface area contributed by atoms with Gasteiger partial charge in [0.05, 0.1) is 7.11 Å². The minimum atomic E-state index is -0.715. The van der Waals surface area contributed by atoms with Gasteiger partial charge in [-0.15, -0.1) is 0 Å². The number of hydrogen-bond donors (Lipinski definition) is 2. The molecule has 0 aliphatic carbocycles. The summed E-state index contributed by atoms with van der Waals surface area (Å²) in [5.74, 6) is -1.98. The summed E-state index contributed by atoms with van der Waals surface area (Å²) >= 11 is 6.25. The fourth-order valence-corrected chi connectivity index (χ4v) is 5.12. The summed E-state index contributed by atoms with van der Waals surface area (Å²) in [6.07, 6.45) is 0.266. The zero-order valence-electron chi connectivity index (χ0n) is 19.9. The Labute approximate surface area is 217 Å². The number of hydrogen-bond acceptors (Lipinski definition) is 4. The summed E-state index contributed by atoms with van der Waals surface area (Å²) in [6.45, 7) is 0.254. The molecule has 1 amide bonds. The second-order valence-corrected chi connectivity index (χ2v) is 9.48. The lowest BCUT2D eigenvalue weighted by Crippen LogP contribution is -2.38. The van der Waals surface area contributed by atoms with E-state index in [9.17, 15) is 18.4 Å². The average molecular weight is 524 g/mol. The third-order valence-electron chi connectivity index (χ3n) is 6.64. The number of aromatic amines is 1. The molecule has 0 spiro atoms. The lowest BCUT2D eigenvalue weighted by Gasteiger charge is -2.22. The number of ether oxygens (including phenoxy) is 1. The van der Waals surface area contributed by atoms with Crippen molar-refractivity contribution in [3.63, 3.8) is 0 Å². The van der Waals surface area contributed by atoms with Crippen molar-refractivity contribution in [1.82, 2.24) is 15.2 Å². The highest BCUT2D eigenvalue weighted by molar-refractivity contribution is 6.31. The van der Waals surface area contributed by atoms with Gasteiger partial charge in [0.1, 0.15) is 23.4 Å². The lowest BCUT2D eigenvalue weighted by atomic mass is 10.0. The SMILES string of the molecule is COC(=O)[C@@H]1C[C@H](NC(=O)c2[nH]c3ccc(Cl)cc3c2-c2ccccc2)CN1Cc1cc(F)ccc1F. The van der Waals surface area contributed by atoms with Crippen molar-refractivity contribution in [1.29, 1.82) is 0 Å². The van der Waals surface area contributed by atoms with E-state index in [0.717, 1.165) is 40.2 Å². The molecule has 0 bridgehead atoms. The molecule has 1 saturated heterocycles. The number of carbonyl (C=O) groups excluding carboxylic acids is 2. The van der Waals surface area contributed by atoms with Gasteiger partial charge in [0, 0.05) is 46.2 Å². The van der Waals surface area contributed by atoms with Crippen LogP contribution >= 0.6 is 11.6 Å². The number of halogens is 3. The molecule has 4 aromatic rings. The molecule has 2 heterocycles. The molecule has 1 fully saturated rings. The first-order valence-corrected chi connectivity index (χ1v) is 12.1. The van der Waals surface area contributed by atoms with Crippen LogP contribution in [0.5, 0.6) is 0 Å². The number of esters is 1. The standard InChI is InChI=1S/C28H24ClF2N3O3/c1-37-28(36)24-13-20(15-34(24)14-17-11-19(30)8-9-22(17)31)32-27(35)26-25(16-5-3-2-4-6-16)21-12-18(29)7-10-23(21)33-26/h2-12,20,24,33H,13-15H2,1H3,(H,32,35)/t20-,24-/m0/s1. The highest BCUT2D eigenvalue weighted by Gasteiger charge is 2.39. The summed E-state index contributed by atoms with van der Waals surface area (Å²) < 4.78 is 33.0. The maximum Gasteiger partial charge on any atom is 0.323 e. The second kappa shape index (κ2) is 10.3. The Bertz CT molecular complexity index is 1470. The number of fused-ring (bicyclic) bond motifs is 1. The average Bonchev–Trinajstić information content (AvgIpc) is 3.47. The highest BCUT2D eigenvalue weighted by atomic mass is 35.5. The van der Waals surface area contributed by atoms with Crippen molar-refractivity contribution in [2.24, 2.45) is 0 Å². The Kier molecular flexibility index (Phi) is 6.95. The number of carbonyl (C=O) groups is 2. The lowest BCUT2D eigenvalue weighted by molar-refractivity contribution is -0.146. The Balaban J connectivity index is 1.43. The summed E-state index contributed by atoms with van der Waals surface area (Å²) in [6, 6.07) is 17.0. The van der Waals surface area contributed by atoms with Gasteiger partial charge in [-0.3, -0.25) is 14.5 Å². The van der Waals surface area contributed by atoms with Crippen LogP contribution in [-0.4, -0.2) is 47.5 Å². The molecule has 0 radical (unpaired) electrons. The van der Waals surface area contributed by atoms with Crippen LogP contribution in [-0.2, 0) is 16.1 Å². The van der Waals surface area contributed by atoms with Gasteiger partial charge >= 0.3 is 5.97 Å². The molecule has 9 heteroatoms. The summed E-state index contributed by atoms with van der Waals surface area (Å²) in [4.78, 5) is 30.9. The van der Waals surface area contributed by atoms with Crippen LogP contribution in [0.2, 0.25) is 5.02 Å². The van der Waals surface area contributed by atoms with E-state index in [1.54, 1.807) is 11.0 Å². The molecule has 37 heavy (non-hydrogen) atoms. The molecule has 190 valence electrons. The number of methoxy groups -OCH3 is 1. The summed E-state index contributed by atoms with van der Waals surface area (Å²) in [5, 5.41) is 4.37. The Morgan fingerprint density at radius 1 is 1.11 bits per heavy atom. The zero-order valence-corrected chi connectivity index (χ0v) is 20.7. The molecule has 1 aliphatic heterocycles. The van der Waals surface area contributed by atoms with Crippen LogP contribution in [0.3, 0.4) is 0 Å². The number of nitrogens with zero attached hydrogens (tertiary/aromatic N) is 1. The van der Waals surface area contributed by atoms with Gasteiger partial charge < -0.3 is 15.0 Å². The Morgan fingerprint density at radius 2 is 1.89 bits per heavy atom. The topological polar surface area (TPSA) is 74.4 Å². The zero-order chi connectivity index (χ0) is 26.1. The minimum Gasteiger partial charge on any atom is -0.468 e. The molecule has 3 aromatic carbocycles. The van der Waals surface area contributed by atoms with Gasteiger partial charge in [-0.1, -0.05) is 41.9 Å². The van der Waals surface area contributed by atoms with E-state index in [0.29, 0.717) is 10.7 Å². The molecule has 1 aliphatic rings. The summed E-state index contributed by atoms with van der Waals surface area (Å²) in [5.41, 5.74) is 2.82. The molecule has 2 N–H and O–H groups in total. The van der Waals surface area contributed by atoms with Gasteiger partial charge in [-0.2, -0.15) is 0 Å². The first-order valence-electron chi connectivity index (χ1n) is 11.8. The van der Waals surface area contributed by atoms with Crippen molar-refractivity contribution >= 4 is 34.4 Å². The van der Waals surface area contributed by atoms with E-state index in [1.165, 1.54) is 7.11 Å². The van der Waals surface area contributed by atoms with Crippen LogP contribution in [0, 0.1) is 11.6 Å². The minimum absolute atomic E-state index is 0.00408. The molecular formula is C28H24ClF2N3O3. The van der Waals surface area contributed by atoms with Crippen LogP contribution in [0.4, 0.5) is 8.78 Å². The van der Waals surface area contributed by atoms with E-state index in [4.69, 9.17) is 16.3 Å². The van der Waals surface area contributed by atoms with E-state index < -0.39 is 29.7 Å². The van der Waals surface area contributed by atoms with Gasteiger partial charge in [-0.05, 0) is 48.4 Å². The monoisotopic (exact) mass is 523 g/mol. The second-order valence-electron chi connectivity index (χ2n) is 9.04. The number of aromatic nitrogens is 1. The molecule has 0 saturated carbocycles. The molecule has 1 aromatic heterocycles. The number of rotatable bonds is 6. The van der Waals surface area contributed by atoms with Crippen molar-refractivity contribution < 1.29 is 23.1 Å². The largest absolute Gasteiger partial charge is 0.468 e. The van der Waals surface area contributed by atoms with E-state index >= 15 is 0 Å². The predicted molar refractivity (Wildman–Crippen MR) is 137 cm³/mol. The predicted octanol–water partition coefficient (Wildman–Crippen LogP) is 5.31. The normalized spacial score (nSPS) is 17.7. The number of nitrogens with one attached hydrogen (secondary N) is 2.